The first-order valence-corrected chi connectivity index (χ1v) is 9.09. The van der Waals surface area contributed by atoms with Crippen molar-refractivity contribution in [3.05, 3.63) is 51.5 Å². The van der Waals surface area contributed by atoms with Gasteiger partial charge in [-0.3, -0.25) is 4.79 Å². The number of thiophene rings is 1. The summed E-state index contributed by atoms with van der Waals surface area (Å²) in [7, 11) is 0. The molecule has 2 heterocycles. The molecule has 1 aliphatic carbocycles. The van der Waals surface area contributed by atoms with Gasteiger partial charge in [0.15, 0.2) is 0 Å². The maximum Gasteiger partial charge on any atom is 0.307 e. The molecule has 1 N–H and O–H groups in total. The van der Waals surface area contributed by atoms with Gasteiger partial charge in [-0.1, -0.05) is 29.8 Å². The summed E-state index contributed by atoms with van der Waals surface area (Å²) in [6, 6.07) is 8.39. The lowest BCUT2D eigenvalue weighted by Crippen LogP contribution is -2.06. The molecule has 1 aliphatic rings. The van der Waals surface area contributed by atoms with Crippen LogP contribution in [0.3, 0.4) is 0 Å². The number of pyridine rings is 1. The highest BCUT2D eigenvalue weighted by molar-refractivity contribution is 7.19. The van der Waals surface area contributed by atoms with Crippen molar-refractivity contribution in [2.45, 2.75) is 39.5 Å². The van der Waals surface area contributed by atoms with Gasteiger partial charge >= 0.3 is 5.97 Å². The van der Waals surface area contributed by atoms with Crippen molar-refractivity contribution in [2.75, 3.05) is 0 Å². The van der Waals surface area contributed by atoms with Crippen LogP contribution in [-0.2, 0) is 24.1 Å². The van der Waals surface area contributed by atoms with E-state index in [0.29, 0.717) is 0 Å². The molecule has 0 saturated carbocycles. The lowest BCUT2D eigenvalue weighted by molar-refractivity contribution is -0.136. The number of aromatic nitrogens is 1. The molecule has 4 heteroatoms. The molecule has 0 atom stereocenters. The van der Waals surface area contributed by atoms with Crippen LogP contribution in [0.15, 0.2) is 24.3 Å². The largest absolute Gasteiger partial charge is 0.481 e. The highest BCUT2D eigenvalue weighted by Crippen LogP contribution is 2.43. The summed E-state index contributed by atoms with van der Waals surface area (Å²) in [5.41, 5.74) is 6.46. The Morgan fingerprint density at radius 2 is 1.96 bits per heavy atom. The standard InChI is InChI=1S/C20H19NO2S/c1-11-6-8-13(9-7-11)18-15(10-17(22)23)12(2)21-20-19(18)14-4-3-5-16(14)24-20/h6-9H,3-5,10H2,1-2H3,(H,22,23). The van der Waals surface area contributed by atoms with Crippen LogP contribution < -0.4 is 0 Å². The van der Waals surface area contributed by atoms with Gasteiger partial charge in [0.1, 0.15) is 4.83 Å². The zero-order chi connectivity index (χ0) is 16.8. The third-order valence-corrected chi connectivity index (χ3v) is 6.01. The summed E-state index contributed by atoms with van der Waals surface area (Å²) in [5.74, 6) is -0.806. The highest BCUT2D eigenvalue weighted by atomic mass is 32.1. The van der Waals surface area contributed by atoms with E-state index >= 15 is 0 Å². The lowest BCUT2D eigenvalue weighted by Gasteiger charge is -2.14. The molecule has 122 valence electrons. The molecule has 24 heavy (non-hydrogen) atoms. The van der Waals surface area contributed by atoms with Gasteiger partial charge in [0.05, 0.1) is 6.42 Å². The van der Waals surface area contributed by atoms with Crippen LogP contribution in [-0.4, -0.2) is 16.1 Å². The Labute approximate surface area is 145 Å². The fourth-order valence-corrected chi connectivity index (χ4v) is 5.00. The first-order valence-electron chi connectivity index (χ1n) is 8.27. The van der Waals surface area contributed by atoms with Gasteiger partial charge in [-0.25, -0.2) is 4.98 Å². The molecule has 0 amide bonds. The van der Waals surface area contributed by atoms with E-state index in [9.17, 15) is 9.90 Å². The van der Waals surface area contributed by atoms with Gasteiger partial charge in [-0.2, -0.15) is 0 Å². The van der Waals surface area contributed by atoms with Crippen LogP contribution in [0.4, 0.5) is 0 Å². The second kappa shape index (κ2) is 5.71. The summed E-state index contributed by atoms with van der Waals surface area (Å²) in [4.78, 5) is 18.7. The molecule has 3 nitrogen and oxygen atoms in total. The van der Waals surface area contributed by atoms with Gasteiger partial charge in [0, 0.05) is 16.0 Å². The van der Waals surface area contributed by atoms with Crippen LogP contribution in [0.5, 0.6) is 0 Å². The number of carboxylic acids is 1. The summed E-state index contributed by atoms with van der Waals surface area (Å²) >= 11 is 1.78. The van der Waals surface area contributed by atoms with E-state index in [-0.39, 0.29) is 6.42 Å². The Morgan fingerprint density at radius 3 is 2.67 bits per heavy atom. The molecule has 4 rings (SSSR count). The number of rotatable bonds is 3. The SMILES string of the molecule is Cc1ccc(-c2c(CC(=O)O)c(C)nc3sc4c(c23)CCC4)cc1. The van der Waals surface area contributed by atoms with Gasteiger partial charge < -0.3 is 5.11 Å². The van der Waals surface area contributed by atoms with Gasteiger partial charge in [0.25, 0.3) is 0 Å². The number of hydrogen-bond acceptors (Lipinski definition) is 3. The van der Waals surface area contributed by atoms with Crippen LogP contribution in [0, 0.1) is 13.8 Å². The second-order valence-electron chi connectivity index (χ2n) is 6.52. The zero-order valence-corrected chi connectivity index (χ0v) is 14.7. The van der Waals surface area contributed by atoms with Crippen molar-refractivity contribution in [3.8, 4) is 11.1 Å². The molecule has 0 saturated heterocycles. The molecular weight excluding hydrogens is 318 g/mol. The van der Waals surface area contributed by atoms with Gasteiger partial charge in [-0.15, -0.1) is 11.3 Å². The fourth-order valence-electron chi connectivity index (χ4n) is 3.68. The maximum absolute atomic E-state index is 11.4. The first kappa shape index (κ1) is 15.3. The normalized spacial score (nSPS) is 13.4. The number of nitrogens with zero attached hydrogens (tertiary/aromatic N) is 1. The molecule has 0 radical (unpaired) electrons. The average molecular weight is 337 g/mol. The molecule has 0 fully saturated rings. The smallest absolute Gasteiger partial charge is 0.307 e. The van der Waals surface area contributed by atoms with Crippen molar-refractivity contribution in [2.24, 2.45) is 0 Å². The summed E-state index contributed by atoms with van der Waals surface area (Å²) in [6.07, 6.45) is 3.40. The first-order chi connectivity index (χ1) is 11.5. The zero-order valence-electron chi connectivity index (χ0n) is 13.8. The van der Waals surface area contributed by atoms with E-state index in [0.717, 1.165) is 40.1 Å². The maximum atomic E-state index is 11.4. The van der Waals surface area contributed by atoms with E-state index in [4.69, 9.17) is 4.98 Å². The van der Waals surface area contributed by atoms with Crippen molar-refractivity contribution < 1.29 is 9.90 Å². The Morgan fingerprint density at radius 1 is 1.21 bits per heavy atom. The van der Waals surface area contributed by atoms with Gasteiger partial charge in [0.2, 0.25) is 0 Å². The molecular formula is C20H19NO2S. The molecule has 0 unspecified atom stereocenters. The monoisotopic (exact) mass is 337 g/mol. The third kappa shape index (κ3) is 2.42. The molecule has 0 aliphatic heterocycles. The minimum atomic E-state index is -0.806. The molecule has 2 aromatic heterocycles. The number of fused-ring (bicyclic) bond motifs is 3. The van der Waals surface area contributed by atoms with Crippen molar-refractivity contribution in [1.82, 2.24) is 4.98 Å². The van der Waals surface area contributed by atoms with Crippen molar-refractivity contribution in [1.29, 1.82) is 0 Å². The Bertz CT molecular complexity index is 954. The van der Waals surface area contributed by atoms with Crippen LogP contribution in [0.2, 0.25) is 0 Å². The topological polar surface area (TPSA) is 50.2 Å². The van der Waals surface area contributed by atoms with Crippen LogP contribution >= 0.6 is 11.3 Å². The summed E-state index contributed by atoms with van der Waals surface area (Å²) in [5, 5.41) is 10.6. The molecule has 1 aromatic carbocycles. The lowest BCUT2D eigenvalue weighted by atomic mass is 9.92. The van der Waals surface area contributed by atoms with E-state index in [2.05, 4.69) is 31.2 Å². The van der Waals surface area contributed by atoms with E-state index in [1.807, 2.05) is 6.92 Å². The van der Waals surface area contributed by atoms with E-state index in [1.54, 1.807) is 11.3 Å². The summed E-state index contributed by atoms with van der Waals surface area (Å²) in [6.45, 7) is 4.00. The number of carbonyl (C=O) groups is 1. The highest BCUT2D eigenvalue weighted by Gasteiger charge is 2.25. The predicted octanol–water partition coefficient (Wildman–Crippen LogP) is 4.70. The second-order valence-corrected chi connectivity index (χ2v) is 7.61. The number of aliphatic carboxylic acids is 1. The minimum absolute atomic E-state index is 0.0165. The Hall–Kier alpha value is -2.20. The van der Waals surface area contributed by atoms with Crippen molar-refractivity contribution >= 4 is 27.5 Å². The number of carboxylic acid groups (broad SMARTS) is 1. The van der Waals surface area contributed by atoms with Gasteiger partial charge in [-0.05, 0) is 55.4 Å². The van der Waals surface area contributed by atoms with E-state index in [1.165, 1.54) is 27.8 Å². The Balaban J connectivity index is 2.08. The number of aryl methyl sites for hydroxylation is 4. The molecule has 0 bridgehead atoms. The third-order valence-electron chi connectivity index (χ3n) is 4.83. The molecule has 3 aromatic rings. The Kier molecular flexibility index (Phi) is 3.65. The van der Waals surface area contributed by atoms with Crippen LogP contribution in [0.1, 0.15) is 33.7 Å². The van der Waals surface area contributed by atoms with Crippen LogP contribution in [0.25, 0.3) is 21.3 Å². The number of benzene rings is 1. The minimum Gasteiger partial charge on any atom is -0.481 e. The average Bonchev–Trinajstić information content (AvgIpc) is 3.10. The fraction of sp³-hybridized carbons (Fsp3) is 0.300. The predicted molar refractivity (Wildman–Crippen MR) is 97.9 cm³/mol. The van der Waals surface area contributed by atoms with Crippen molar-refractivity contribution in [3.63, 3.8) is 0 Å². The number of hydrogen-bond donors (Lipinski definition) is 1. The summed E-state index contributed by atoms with van der Waals surface area (Å²) < 4.78 is 0. The van der Waals surface area contributed by atoms with E-state index < -0.39 is 5.97 Å². The quantitative estimate of drug-likeness (QED) is 0.754. The molecule has 0 spiro atoms.